The molecule has 5 rings (SSSR count). The molecule has 0 fully saturated rings. The highest BCUT2D eigenvalue weighted by Crippen LogP contribution is 2.30. The lowest BCUT2D eigenvalue weighted by Gasteiger charge is -2.36. The van der Waals surface area contributed by atoms with E-state index in [1.165, 1.54) is 13.2 Å². The molecule has 1 unspecified atom stereocenters. The highest BCUT2D eigenvalue weighted by atomic mass is 32.2. The molecule has 3 aromatic carbocycles. The number of methoxy groups -OCH3 is 1. The van der Waals surface area contributed by atoms with Gasteiger partial charge in [-0.25, -0.2) is 14.2 Å². The van der Waals surface area contributed by atoms with Gasteiger partial charge in [0, 0.05) is 25.3 Å². The predicted octanol–water partition coefficient (Wildman–Crippen LogP) is 5.70. The molecule has 1 aliphatic heterocycles. The van der Waals surface area contributed by atoms with Crippen molar-refractivity contribution in [2.45, 2.75) is 70.4 Å². The number of anilines is 1. The highest BCUT2D eigenvalue weighted by molar-refractivity contribution is 7.92. The average molecular weight is 700 g/mol. The number of esters is 1. The first kappa shape index (κ1) is 36.6. The minimum atomic E-state index is -1.89. The molecule has 264 valence electrons. The Hall–Kier alpha value is -4.65. The molecule has 2 heterocycles. The van der Waals surface area contributed by atoms with E-state index in [-0.39, 0.29) is 40.1 Å². The third kappa shape index (κ3) is 8.04. The number of ether oxygens (including phenoxy) is 1. The van der Waals surface area contributed by atoms with Crippen molar-refractivity contribution in [3.05, 3.63) is 106 Å². The predicted molar refractivity (Wildman–Crippen MR) is 193 cm³/mol. The molecule has 4 aromatic rings. The lowest BCUT2D eigenvalue weighted by molar-refractivity contribution is 0.0543. The fourth-order valence-electron chi connectivity index (χ4n) is 6.17. The molecule has 50 heavy (non-hydrogen) atoms. The van der Waals surface area contributed by atoms with Gasteiger partial charge in [0.15, 0.2) is 10.6 Å². The lowest BCUT2D eigenvalue weighted by Crippen LogP contribution is -2.46. The van der Waals surface area contributed by atoms with Crippen LogP contribution < -0.4 is 4.72 Å². The van der Waals surface area contributed by atoms with Crippen molar-refractivity contribution in [2.75, 3.05) is 31.5 Å². The smallest absolute Gasteiger partial charge is 0.343 e. The summed E-state index contributed by atoms with van der Waals surface area (Å²) in [6.45, 7) is 7.36. The molecule has 0 saturated carbocycles. The van der Waals surface area contributed by atoms with E-state index in [0.29, 0.717) is 43.1 Å². The van der Waals surface area contributed by atoms with Gasteiger partial charge in [0.1, 0.15) is 16.9 Å². The number of hydrogen-bond donors (Lipinski definition) is 2. The third-order valence-electron chi connectivity index (χ3n) is 8.94. The van der Waals surface area contributed by atoms with E-state index in [4.69, 9.17) is 9.84 Å². The van der Waals surface area contributed by atoms with Gasteiger partial charge in [-0.15, -0.1) is 0 Å². The number of aromatic nitrogens is 2. The molecular weight excluding hydrogens is 655 g/mol. The Morgan fingerprint density at radius 1 is 0.980 bits per heavy atom. The van der Waals surface area contributed by atoms with E-state index in [1.807, 2.05) is 36.1 Å². The van der Waals surface area contributed by atoms with Crippen molar-refractivity contribution < 1.29 is 28.8 Å². The molecule has 1 aliphatic rings. The zero-order valence-corrected chi connectivity index (χ0v) is 29.9. The first-order valence-electron chi connectivity index (χ1n) is 17.0. The molecule has 2 N–H and O–H groups in total. The molecule has 2 atom stereocenters. The highest BCUT2D eigenvalue weighted by Gasteiger charge is 2.32. The van der Waals surface area contributed by atoms with Gasteiger partial charge in [-0.05, 0) is 73.7 Å². The van der Waals surface area contributed by atoms with Gasteiger partial charge in [-0.1, -0.05) is 63.1 Å². The number of aliphatic hydroxyl groups is 1. The van der Waals surface area contributed by atoms with Crippen molar-refractivity contribution in [2.24, 2.45) is 0 Å². The van der Waals surface area contributed by atoms with Crippen molar-refractivity contribution in [1.29, 1.82) is 0 Å². The largest absolute Gasteiger partial charge is 0.588 e. The molecule has 0 spiro atoms. The minimum absolute atomic E-state index is 0.155. The number of hydrogen-bond acceptors (Lipinski definition) is 8. The molecule has 2 amide bonds. The summed E-state index contributed by atoms with van der Waals surface area (Å²) in [5.41, 5.74) is 4.20. The summed E-state index contributed by atoms with van der Waals surface area (Å²) in [6.07, 6.45) is 4.19. The standard InChI is InChI=1S/C38H45N5O6S/c1-5-7-19-41(20-8-6-2)37(46)33-21-26(3)43(39-33)34-18-17-29(40-50(48)35-16-12-11-15-31(35)38(47)49-4)23-32(34)36(45)42-24-28-14-10-9-13-27(28)22-30(42)25-44/h9-18,21,23,30,40,44H,5-8,19-20,22,24-25H2,1-4H3/t30-,50?/m0/s1. The van der Waals surface area contributed by atoms with Crippen molar-refractivity contribution in [1.82, 2.24) is 19.6 Å². The van der Waals surface area contributed by atoms with Crippen LogP contribution >= 0.6 is 0 Å². The first-order valence-corrected chi connectivity index (χ1v) is 18.2. The SMILES string of the molecule is CCCCN(CCCC)C(=O)c1cc(C)n(-c2ccc(N[S+]([O-])c3ccccc3C(=O)OC)cc2C(=O)N2Cc3ccccc3C[C@H]2CO)n1. The molecule has 0 aliphatic carbocycles. The molecule has 0 bridgehead atoms. The van der Waals surface area contributed by atoms with Crippen LogP contribution in [0.25, 0.3) is 5.69 Å². The van der Waals surface area contributed by atoms with Crippen LogP contribution in [0.15, 0.2) is 77.7 Å². The van der Waals surface area contributed by atoms with Gasteiger partial charge in [-0.3, -0.25) is 9.59 Å². The normalized spacial score (nSPS) is 14.5. The van der Waals surface area contributed by atoms with Crippen LogP contribution in [0.4, 0.5) is 5.69 Å². The number of aliphatic hydroxyl groups excluding tert-OH is 1. The topological polar surface area (TPSA) is 140 Å². The quantitative estimate of drug-likeness (QED) is 0.126. The average Bonchev–Trinajstić information content (AvgIpc) is 3.54. The van der Waals surface area contributed by atoms with Crippen LogP contribution in [0.5, 0.6) is 0 Å². The van der Waals surface area contributed by atoms with Crippen molar-refractivity contribution in [3.63, 3.8) is 0 Å². The third-order valence-corrected chi connectivity index (χ3v) is 10.1. The minimum Gasteiger partial charge on any atom is -0.588 e. The summed E-state index contributed by atoms with van der Waals surface area (Å²) in [4.78, 5) is 44.4. The van der Waals surface area contributed by atoms with E-state index >= 15 is 0 Å². The van der Waals surface area contributed by atoms with E-state index in [1.54, 1.807) is 52.0 Å². The van der Waals surface area contributed by atoms with Crippen LogP contribution in [-0.2, 0) is 29.1 Å². The number of benzene rings is 3. The van der Waals surface area contributed by atoms with Crippen LogP contribution in [0, 0.1) is 6.92 Å². The fraction of sp³-hybridized carbons (Fsp3) is 0.368. The van der Waals surface area contributed by atoms with E-state index in [9.17, 15) is 24.0 Å². The Morgan fingerprint density at radius 2 is 1.66 bits per heavy atom. The summed E-state index contributed by atoms with van der Waals surface area (Å²) in [5, 5.41) is 15.1. The molecule has 12 heteroatoms. The van der Waals surface area contributed by atoms with Crippen molar-refractivity contribution >= 4 is 34.8 Å². The fourth-order valence-corrected chi connectivity index (χ4v) is 7.17. The zero-order valence-electron chi connectivity index (χ0n) is 29.1. The Morgan fingerprint density at radius 3 is 2.34 bits per heavy atom. The Kier molecular flexibility index (Phi) is 12.3. The first-order chi connectivity index (χ1) is 24.2. The number of rotatable bonds is 14. The van der Waals surface area contributed by atoms with Crippen LogP contribution in [0.3, 0.4) is 0 Å². The maximum atomic E-state index is 14.6. The molecule has 0 saturated heterocycles. The molecule has 1 aromatic heterocycles. The Bertz CT molecular complexity index is 1820. The monoisotopic (exact) mass is 699 g/mol. The van der Waals surface area contributed by atoms with Crippen LogP contribution in [0.2, 0.25) is 0 Å². The number of fused-ring (bicyclic) bond motifs is 1. The number of aryl methyl sites for hydroxylation is 1. The maximum Gasteiger partial charge on any atom is 0.343 e. The van der Waals surface area contributed by atoms with Gasteiger partial charge < -0.3 is 24.2 Å². The second kappa shape index (κ2) is 16.8. The molecular formula is C38H45N5O6S. The number of unbranched alkanes of at least 4 members (excludes halogenated alkanes) is 2. The van der Waals surface area contributed by atoms with Crippen LogP contribution in [0.1, 0.15) is 87.6 Å². The van der Waals surface area contributed by atoms with Crippen LogP contribution in [-0.4, -0.2) is 79.9 Å². The lowest BCUT2D eigenvalue weighted by atomic mass is 9.93. The van der Waals surface area contributed by atoms with Gasteiger partial charge >= 0.3 is 5.97 Å². The van der Waals surface area contributed by atoms with E-state index < -0.39 is 23.4 Å². The van der Waals surface area contributed by atoms with Crippen molar-refractivity contribution in [3.8, 4) is 5.69 Å². The second-order valence-electron chi connectivity index (χ2n) is 12.4. The number of carbonyl (C=O) groups is 3. The summed E-state index contributed by atoms with van der Waals surface area (Å²) >= 11 is -1.89. The summed E-state index contributed by atoms with van der Waals surface area (Å²) in [5.74, 6) is -1.13. The van der Waals surface area contributed by atoms with E-state index in [2.05, 4.69) is 18.6 Å². The van der Waals surface area contributed by atoms with E-state index in [0.717, 1.165) is 36.8 Å². The molecule has 0 radical (unpaired) electrons. The van der Waals surface area contributed by atoms with Gasteiger partial charge in [0.2, 0.25) is 0 Å². The zero-order chi connectivity index (χ0) is 35.8. The number of nitrogens with one attached hydrogen (secondary N) is 1. The summed E-state index contributed by atoms with van der Waals surface area (Å²) in [7, 11) is 1.26. The summed E-state index contributed by atoms with van der Waals surface area (Å²) < 4.78 is 23.0. The maximum absolute atomic E-state index is 14.6. The number of nitrogens with zero attached hydrogens (tertiary/aromatic N) is 4. The second-order valence-corrected chi connectivity index (χ2v) is 13.6. The Balaban J connectivity index is 1.55. The number of amides is 2. The van der Waals surface area contributed by atoms with Gasteiger partial charge in [0.25, 0.3) is 11.8 Å². The Labute approximate surface area is 296 Å². The molecule has 11 nitrogen and oxygen atoms in total. The summed E-state index contributed by atoms with van der Waals surface area (Å²) in [6, 6.07) is 20.5. The van der Waals surface area contributed by atoms with Gasteiger partial charge in [-0.2, -0.15) is 5.10 Å². The van der Waals surface area contributed by atoms with Gasteiger partial charge in [0.05, 0.1) is 36.7 Å². The number of carbonyl (C=O) groups excluding carboxylic acids is 3.